The molecule has 28 heavy (non-hydrogen) atoms. The first-order chi connectivity index (χ1) is 13.8. The van der Waals surface area contributed by atoms with E-state index in [1.807, 2.05) is 16.9 Å². The van der Waals surface area contributed by atoms with Crippen molar-refractivity contribution in [3.05, 3.63) is 36.7 Å². The lowest BCUT2D eigenvalue weighted by atomic mass is 10.1. The molecule has 0 aromatic carbocycles. The lowest BCUT2D eigenvalue weighted by molar-refractivity contribution is 0.203. The van der Waals surface area contributed by atoms with Crippen molar-refractivity contribution in [3.8, 4) is 17.0 Å². The molecule has 142 valence electrons. The zero-order valence-corrected chi connectivity index (χ0v) is 15.9. The number of hydrogen-bond donors (Lipinski definition) is 0. The molecule has 2 saturated carbocycles. The highest BCUT2D eigenvalue weighted by atomic mass is 16.5. The Morgan fingerprint density at radius 2 is 1.96 bits per heavy atom. The van der Waals surface area contributed by atoms with Crippen LogP contribution in [0.1, 0.15) is 50.4 Å². The summed E-state index contributed by atoms with van der Waals surface area (Å²) in [5.74, 6) is 1.70. The number of pyridine rings is 1. The fraction of sp³-hybridized carbons (Fsp3) is 0.429. The number of imidazole rings is 1. The third-order valence-corrected chi connectivity index (χ3v) is 5.95. The summed E-state index contributed by atoms with van der Waals surface area (Å²) in [6.45, 7) is 2.06. The van der Waals surface area contributed by atoms with Crippen molar-refractivity contribution in [2.75, 3.05) is 0 Å². The van der Waals surface area contributed by atoms with Gasteiger partial charge in [-0.25, -0.2) is 14.5 Å². The standard InChI is InChI=1S/C21H22N6O/c1-13-25-20-18(27(13)15-6-7-15)10-14(11-22-20)17-8-9-26-19(17)21(23-12-24-26)28-16-4-2-3-5-16/h8-12,15-16H,2-7H2,1H3. The van der Waals surface area contributed by atoms with Gasteiger partial charge in [-0.3, -0.25) is 0 Å². The predicted octanol–water partition coefficient (Wildman–Crippen LogP) is 4.11. The van der Waals surface area contributed by atoms with Gasteiger partial charge in [0, 0.05) is 29.6 Å². The molecule has 0 unspecified atom stereocenters. The van der Waals surface area contributed by atoms with Gasteiger partial charge >= 0.3 is 0 Å². The van der Waals surface area contributed by atoms with Crippen LogP contribution >= 0.6 is 0 Å². The van der Waals surface area contributed by atoms with Crippen LogP contribution in [0.2, 0.25) is 0 Å². The summed E-state index contributed by atoms with van der Waals surface area (Å²) in [4.78, 5) is 13.7. The first-order valence-electron chi connectivity index (χ1n) is 10.1. The maximum atomic E-state index is 6.26. The average Bonchev–Trinajstić information content (AvgIpc) is 3.11. The molecule has 6 rings (SSSR count). The smallest absolute Gasteiger partial charge is 0.242 e. The Hall–Kier alpha value is -2.96. The van der Waals surface area contributed by atoms with Crippen molar-refractivity contribution < 1.29 is 4.74 Å². The van der Waals surface area contributed by atoms with E-state index in [2.05, 4.69) is 43.7 Å². The molecule has 4 aromatic rings. The van der Waals surface area contributed by atoms with Gasteiger partial charge in [0.25, 0.3) is 0 Å². The van der Waals surface area contributed by atoms with Crippen LogP contribution in [0.3, 0.4) is 0 Å². The molecule has 0 spiro atoms. The molecule has 7 nitrogen and oxygen atoms in total. The van der Waals surface area contributed by atoms with Crippen LogP contribution in [0.25, 0.3) is 27.8 Å². The average molecular weight is 374 g/mol. The second-order valence-corrected chi connectivity index (χ2v) is 7.94. The summed E-state index contributed by atoms with van der Waals surface area (Å²) in [6, 6.07) is 4.83. The van der Waals surface area contributed by atoms with E-state index in [0.717, 1.165) is 46.5 Å². The van der Waals surface area contributed by atoms with E-state index >= 15 is 0 Å². The fourth-order valence-corrected chi connectivity index (χ4v) is 4.44. The number of aromatic nitrogens is 6. The van der Waals surface area contributed by atoms with Crippen LogP contribution in [-0.2, 0) is 0 Å². The number of fused-ring (bicyclic) bond motifs is 2. The molecule has 7 heteroatoms. The first-order valence-corrected chi connectivity index (χ1v) is 10.1. The van der Waals surface area contributed by atoms with Crippen LogP contribution in [0.15, 0.2) is 30.9 Å². The van der Waals surface area contributed by atoms with E-state index in [9.17, 15) is 0 Å². The third-order valence-electron chi connectivity index (χ3n) is 5.95. The highest BCUT2D eigenvalue weighted by Gasteiger charge is 2.28. The van der Waals surface area contributed by atoms with E-state index in [-0.39, 0.29) is 6.10 Å². The Bertz CT molecular complexity index is 1180. The predicted molar refractivity (Wildman–Crippen MR) is 105 cm³/mol. The molecule has 2 aliphatic rings. The van der Waals surface area contributed by atoms with Gasteiger partial charge in [0.2, 0.25) is 5.88 Å². The summed E-state index contributed by atoms with van der Waals surface area (Å²) in [7, 11) is 0. The van der Waals surface area contributed by atoms with E-state index in [1.54, 1.807) is 6.33 Å². The molecule has 0 aliphatic heterocycles. The number of hydrogen-bond acceptors (Lipinski definition) is 5. The number of rotatable bonds is 4. The zero-order chi connectivity index (χ0) is 18.7. The molecule has 0 N–H and O–H groups in total. The van der Waals surface area contributed by atoms with Crippen molar-refractivity contribution in [2.45, 2.75) is 57.6 Å². The van der Waals surface area contributed by atoms with Gasteiger partial charge in [-0.05, 0) is 57.6 Å². The first kappa shape index (κ1) is 16.0. The number of nitrogens with zero attached hydrogens (tertiary/aromatic N) is 6. The molecule has 2 aliphatic carbocycles. The van der Waals surface area contributed by atoms with E-state index in [1.165, 1.54) is 25.7 Å². The monoisotopic (exact) mass is 374 g/mol. The van der Waals surface area contributed by atoms with Gasteiger partial charge in [0.15, 0.2) is 5.65 Å². The maximum absolute atomic E-state index is 6.26. The minimum absolute atomic E-state index is 0.251. The van der Waals surface area contributed by atoms with Crippen molar-refractivity contribution in [1.29, 1.82) is 0 Å². The van der Waals surface area contributed by atoms with Crippen LogP contribution in [0.5, 0.6) is 5.88 Å². The van der Waals surface area contributed by atoms with E-state index in [4.69, 9.17) is 4.74 Å². The second-order valence-electron chi connectivity index (χ2n) is 7.94. The Balaban J connectivity index is 1.49. The molecular formula is C21H22N6O. The van der Waals surface area contributed by atoms with Crippen LogP contribution in [-0.4, -0.2) is 35.2 Å². The van der Waals surface area contributed by atoms with Gasteiger partial charge in [-0.2, -0.15) is 10.1 Å². The lowest BCUT2D eigenvalue weighted by Crippen LogP contribution is -2.13. The zero-order valence-electron chi connectivity index (χ0n) is 15.9. The number of ether oxygens (including phenoxy) is 1. The maximum Gasteiger partial charge on any atom is 0.242 e. The minimum atomic E-state index is 0.251. The molecular weight excluding hydrogens is 352 g/mol. The molecule has 0 atom stereocenters. The van der Waals surface area contributed by atoms with Gasteiger partial charge in [-0.15, -0.1) is 0 Å². The third kappa shape index (κ3) is 2.49. The summed E-state index contributed by atoms with van der Waals surface area (Å²) in [5, 5.41) is 4.37. The van der Waals surface area contributed by atoms with Gasteiger partial charge in [0.1, 0.15) is 23.8 Å². The molecule has 0 bridgehead atoms. The van der Waals surface area contributed by atoms with Crippen LogP contribution in [0, 0.1) is 6.92 Å². The largest absolute Gasteiger partial charge is 0.473 e. The molecule has 0 saturated heterocycles. The van der Waals surface area contributed by atoms with Crippen LogP contribution < -0.4 is 4.74 Å². The summed E-state index contributed by atoms with van der Waals surface area (Å²) in [5.41, 5.74) is 4.92. The van der Waals surface area contributed by atoms with Crippen molar-refractivity contribution in [2.24, 2.45) is 0 Å². The van der Waals surface area contributed by atoms with Gasteiger partial charge in [-0.1, -0.05) is 0 Å². The Labute approximate surface area is 162 Å². The topological polar surface area (TPSA) is 70.1 Å². The van der Waals surface area contributed by atoms with E-state index in [0.29, 0.717) is 11.9 Å². The number of aryl methyl sites for hydroxylation is 1. The highest BCUT2D eigenvalue weighted by Crippen LogP contribution is 2.39. The van der Waals surface area contributed by atoms with Gasteiger partial charge in [0.05, 0.1) is 5.52 Å². The molecule has 4 heterocycles. The molecule has 4 aromatic heterocycles. The van der Waals surface area contributed by atoms with Gasteiger partial charge < -0.3 is 9.30 Å². The molecule has 0 amide bonds. The highest BCUT2D eigenvalue weighted by molar-refractivity contribution is 5.88. The van der Waals surface area contributed by atoms with Crippen molar-refractivity contribution in [3.63, 3.8) is 0 Å². The summed E-state index contributed by atoms with van der Waals surface area (Å²) < 4.78 is 10.4. The molecule has 0 radical (unpaired) electrons. The minimum Gasteiger partial charge on any atom is -0.473 e. The normalized spacial score (nSPS) is 17.8. The Morgan fingerprint density at radius 1 is 1.11 bits per heavy atom. The lowest BCUT2D eigenvalue weighted by Gasteiger charge is -2.13. The van der Waals surface area contributed by atoms with Crippen LogP contribution in [0.4, 0.5) is 0 Å². The van der Waals surface area contributed by atoms with Crippen molar-refractivity contribution in [1.82, 2.24) is 29.1 Å². The van der Waals surface area contributed by atoms with Crippen molar-refractivity contribution >= 4 is 16.7 Å². The molecule has 2 fully saturated rings. The summed E-state index contributed by atoms with van der Waals surface area (Å²) in [6.07, 6.45) is 12.8. The Kier molecular flexibility index (Phi) is 3.45. The second kappa shape index (κ2) is 6.02. The SMILES string of the molecule is Cc1nc2ncc(-c3ccn4ncnc(OC5CCCC5)c34)cc2n1C1CC1. The fourth-order valence-electron chi connectivity index (χ4n) is 4.44. The summed E-state index contributed by atoms with van der Waals surface area (Å²) >= 11 is 0. The van der Waals surface area contributed by atoms with E-state index < -0.39 is 0 Å². The Morgan fingerprint density at radius 3 is 2.79 bits per heavy atom. The quantitative estimate of drug-likeness (QED) is 0.538.